The Labute approximate surface area is 96.9 Å². The van der Waals surface area contributed by atoms with Crippen molar-refractivity contribution in [3.63, 3.8) is 0 Å². The minimum Gasteiger partial charge on any atom is -0.354 e. The summed E-state index contributed by atoms with van der Waals surface area (Å²) >= 11 is 0. The van der Waals surface area contributed by atoms with E-state index in [4.69, 9.17) is 5.73 Å². The van der Waals surface area contributed by atoms with Crippen LogP contribution in [0.25, 0.3) is 0 Å². The van der Waals surface area contributed by atoms with Crippen molar-refractivity contribution >= 4 is 5.82 Å². The summed E-state index contributed by atoms with van der Waals surface area (Å²) in [5, 5.41) is 8.20. The van der Waals surface area contributed by atoms with Gasteiger partial charge in [-0.05, 0) is 24.3 Å². The molecule has 2 heterocycles. The van der Waals surface area contributed by atoms with Crippen LogP contribution in [0.1, 0.15) is 32.3 Å². The highest BCUT2D eigenvalue weighted by Crippen LogP contribution is 2.31. The molecule has 0 saturated carbocycles. The second-order valence-electron chi connectivity index (χ2n) is 5.27. The Kier molecular flexibility index (Phi) is 3.10. The number of nitrogens with two attached hydrogens (primary N) is 1. The number of anilines is 1. The van der Waals surface area contributed by atoms with E-state index >= 15 is 0 Å². The van der Waals surface area contributed by atoms with E-state index in [0.29, 0.717) is 12.0 Å². The monoisotopic (exact) mass is 220 g/mol. The van der Waals surface area contributed by atoms with Gasteiger partial charge in [0.1, 0.15) is 0 Å². The molecule has 0 aromatic carbocycles. The van der Waals surface area contributed by atoms with Crippen LogP contribution < -0.4 is 10.6 Å². The van der Waals surface area contributed by atoms with Crippen LogP contribution in [-0.4, -0.2) is 23.3 Å². The summed E-state index contributed by atoms with van der Waals surface area (Å²) in [6.45, 7) is 7.24. The van der Waals surface area contributed by atoms with E-state index < -0.39 is 0 Å². The van der Waals surface area contributed by atoms with Crippen LogP contribution in [0.3, 0.4) is 0 Å². The molecule has 1 aromatic rings. The highest BCUT2D eigenvalue weighted by atomic mass is 15.3. The number of hydrogen-bond donors (Lipinski definition) is 1. The fourth-order valence-corrected chi connectivity index (χ4v) is 2.38. The second kappa shape index (κ2) is 4.37. The lowest BCUT2D eigenvalue weighted by molar-refractivity contribution is 0.291. The smallest absolute Gasteiger partial charge is 0.155 e. The highest BCUT2D eigenvalue weighted by Gasteiger charge is 2.28. The molecule has 88 valence electrons. The van der Waals surface area contributed by atoms with Crippen molar-refractivity contribution in [2.45, 2.75) is 33.2 Å². The molecule has 1 fully saturated rings. The molecule has 1 aliphatic heterocycles. The van der Waals surface area contributed by atoms with Crippen LogP contribution in [0.5, 0.6) is 0 Å². The van der Waals surface area contributed by atoms with Crippen molar-refractivity contribution in [2.24, 2.45) is 11.1 Å². The van der Waals surface area contributed by atoms with Crippen molar-refractivity contribution in [2.75, 3.05) is 18.0 Å². The van der Waals surface area contributed by atoms with Crippen LogP contribution in [0.15, 0.2) is 12.3 Å². The molecule has 0 bridgehead atoms. The van der Waals surface area contributed by atoms with Gasteiger partial charge in [-0.1, -0.05) is 13.8 Å². The van der Waals surface area contributed by atoms with Gasteiger partial charge in [0.05, 0.1) is 6.20 Å². The Bertz CT molecular complexity index is 362. The number of nitrogens with zero attached hydrogens (tertiary/aromatic N) is 3. The fraction of sp³-hybridized carbons (Fsp3) is 0.667. The van der Waals surface area contributed by atoms with Crippen LogP contribution in [0.2, 0.25) is 0 Å². The largest absolute Gasteiger partial charge is 0.354 e. The first-order valence-electron chi connectivity index (χ1n) is 5.88. The zero-order valence-electron chi connectivity index (χ0n) is 10.1. The second-order valence-corrected chi connectivity index (χ2v) is 5.27. The Hall–Kier alpha value is -1.16. The van der Waals surface area contributed by atoms with Gasteiger partial charge in [0.15, 0.2) is 5.82 Å². The van der Waals surface area contributed by atoms with Crippen LogP contribution in [0.4, 0.5) is 5.82 Å². The maximum atomic E-state index is 5.73. The van der Waals surface area contributed by atoms with E-state index in [9.17, 15) is 0 Å². The quantitative estimate of drug-likeness (QED) is 0.822. The molecular weight excluding hydrogens is 200 g/mol. The van der Waals surface area contributed by atoms with Gasteiger partial charge >= 0.3 is 0 Å². The molecule has 4 nitrogen and oxygen atoms in total. The summed E-state index contributed by atoms with van der Waals surface area (Å²) in [6.07, 6.45) is 4.20. The van der Waals surface area contributed by atoms with Crippen molar-refractivity contribution in [1.82, 2.24) is 10.2 Å². The maximum absolute atomic E-state index is 5.73. The van der Waals surface area contributed by atoms with E-state index in [0.717, 1.165) is 24.5 Å². The van der Waals surface area contributed by atoms with Crippen molar-refractivity contribution in [3.8, 4) is 0 Å². The Balaban J connectivity index is 2.23. The maximum Gasteiger partial charge on any atom is 0.155 e. The zero-order valence-corrected chi connectivity index (χ0v) is 10.1. The summed E-state index contributed by atoms with van der Waals surface area (Å²) in [6, 6.07) is 1.96. The van der Waals surface area contributed by atoms with Gasteiger partial charge in [-0.2, -0.15) is 5.10 Å². The highest BCUT2D eigenvalue weighted by molar-refractivity contribution is 5.46. The normalized spacial score (nSPS) is 19.8. The van der Waals surface area contributed by atoms with Crippen LogP contribution >= 0.6 is 0 Å². The fourth-order valence-electron chi connectivity index (χ4n) is 2.38. The Morgan fingerprint density at radius 1 is 1.50 bits per heavy atom. The van der Waals surface area contributed by atoms with Crippen LogP contribution in [-0.2, 0) is 6.54 Å². The molecule has 0 unspecified atom stereocenters. The van der Waals surface area contributed by atoms with Crippen molar-refractivity contribution < 1.29 is 0 Å². The summed E-state index contributed by atoms with van der Waals surface area (Å²) in [5.41, 5.74) is 7.18. The lowest BCUT2D eigenvalue weighted by atomic mass is 9.84. The molecule has 16 heavy (non-hydrogen) atoms. The molecule has 2 rings (SSSR count). The van der Waals surface area contributed by atoms with E-state index in [-0.39, 0.29) is 0 Å². The molecule has 1 aromatic heterocycles. The SMILES string of the molecule is CC1(C)CCCN(c2nnccc2CN)C1. The lowest BCUT2D eigenvalue weighted by Crippen LogP contribution is -2.41. The third-order valence-electron chi connectivity index (χ3n) is 3.20. The molecule has 0 amide bonds. The van der Waals surface area contributed by atoms with Gasteiger partial charge in [-0.3, -0.25) is 0 Å². The van der Waals surface area contributed by atoms with E-state index in [1.165, 1.54) is 12.8 Å². The van der Waals surface area contributed by atoms with E-state index in [1.807, 2.05) is 6.07 Å². The van der Waals surface area contributed by atoms with Crippen molar-refractivity contribution in [3.05, 3.63) is 17.8 Å². The molecule has 4 heteroatoms. The average molecular weight is 220 g/mol. The molecular formula is C12H20N4. The first-order chi connectivity index (χ1) is 7.62. The molecule has 0 aliphatic carbocycles. The molecule has 0 spiro atoms. The van der Waals surface area contributed by atoms with Gasteiger partial charge in [0.25, 0.3) is 0 Å². The minimum absolute atomic E-state index is 0.363. The summed E-state index contributed by atoms with van der Waals surface area (Å²) in [7, 11) is 0. The lowest BCUT2D eigenvalue weighted by Gasteiger charge is -2.39. The van der Waals surface area contributed by atoms with Crippen molar-refractivity contribution in [1.29, 1.82) is 0 Å². The third kappa shape index (κ3) is 2.32. The summed E-state index contributed by atoms with van der Waals surface area (Å²) in [5.74, 6) is 0.970. The summed E-state index contributed by atoms with van der Waals surface area (Å²) < 4.78 is 0. The number of rotatable bonds is 2. The minimum atomic E-state index is 0.363. The first-order valence-corrected chi connectivity index (χ1v) is 5.88. The number of piperidine rings is 1. The predicted molar refractivity (Wildman–Crippen MR) is 65.2 cm³/mol. The third-order valence-corrected chi connectivity index (χ3v) is 3.20. The average Bonchev–Trinajstić information content (AvgIpc) is 2.27. The summed E-state index contributed by atoms with van der Waals surface area (Å²) in [4.78, 5) is 2.32. The molecule has 2 N–H and O–H groups in total. The molecule has 0 radical (unpaired) electrons. The molecule has 1 aliphatic rings. The molecule has 0 atom stereocenters. The van der Waals surface area contributed by atoms with Crippen LogP contribution in [0, 0.1) is 5.41 Å². The standard InChI is InChI=1S/C12H20N4/c1-12(2)5-3-7-16(9-12)11-10(8-13)4-6-14-15-11/h4,6H,3,5,7-9,13H2,1-2H3. The van der Waals surface area contributed by atoms with Gasteiger partial charge in [0.2, 0.25) is 0 Å². The molecule has 1 saturated heterocycles. The van der Waals surface area contributed by atoms with Gasteiger partial charge in [-0.15, -0.1) is 5.10 Å². The van der Waals surface area contributed by atoms with E-state index in [2.05, 4.69) is 28.9 Å². The number of hydrogen-bond acceptors (Lipinski definition) is 4. The van der Waals surface area contributed by atoms with Gasteiger partial charge in [0, 0.05) is 25.2 Å². The Morgan fingerprint density at radius 3 is 3.00 bits per heavy atom. The topological polar surface area (TPSA) is 55.0 Å². The predicted octanol–water partition coefficient (Wildman–Crippen LogP) is 1.56. The number of aromatic nitrogens is 2. The first kappa shape index (κ1) is 11.3. The van der Waals surface area contributed by atoms with Gasteiger partial charge < -0.3 is 10.6 Å². The zero-order chi connectivity index (χ0) is 11.6. The van der Waals surface area contributed by atoms with E-state index in [1.54, 1.807) is 6.20 Å². The Morgan fingerprint density at radius 2 is 2.31 bits per heavy atom. The van der Waals surface area contributed by atoms with Gasteiger partial charge in [-0.25, -0.2) is 0 Å².